The molecule has 0 aliphatic heterocycles. The molecular weight excluding hydrogens is 290 g/mol. The molecule has 1 aromatic rings. The minimum absolute atomic E-state index is 0.167. The summed E-state index contributed by atoms with van der Waals surface area (Å²) < 4.78 is 29.7. The number of carbonyl (C=O) groups excluding carboxylic acids is 1. The molecule has 0 bridgehead atoms. The van der Waals surface area contributed by atoms with E-state index >= 15 is 0 Å². The molecule has 0 radical (unpaired) electrons. The number of benzene rings is 1. The number of rotatable bonds is 6. The molecule has 0 spiro atoms. The smallest absolute Gasteiger partial charge is 0.335 e. The average Bonchev–Trinajstić information content (AvgIpc) is 2.38. The number of carboxylic acids is 1. The maximum atomic E-state index is 11.6. The van der Waals surface area contributed by atoms with Crippen LogP contribution < -0.4 is 4.72 Å². The minimum atomic E-state index is -3.85. The van der Waals surface area contributed by atoms with Crippen LogP contribution in [0.15, 0.2) is 18.2 Å². The number of carbonyl (C=O) groups is 2. The molecule has 0 fully saturated rings. The first-order chi connectivity index (χ1) is 9.25. The number of anilines is 1. The number of hydrogen-bond donors (Lipinski definition) is 3. The number of aromatic carboxylic acids is 1. The first-order valence-corrected chi connectivity index (χ1v) is 7.04. The number of nitrogens with one attached hydrogen (secondary N) is 1. The molecule has 1 aromatic carbocycles. The second kappa shape index (κ2) is 6.24. The fraction of sp³-hybridized carbons (Fsp3) is 0.273. The van der Waals surface area contributed by atoms with E-state index in [-0.39, 0.29) is 17.7 Å². The van der Waals surface area contributed by atoms with Gasteiger partial charge in [0.1, 0.15) is 5.75 Å². The van der Waals surface area contributed by atoms with Crippen molar-refractivity contribution in [1.29, 1.82) is 0 Å². The van der Waals surface area contributed by atoms with Crippen molar-refractivity contribution in [3.05, 3.63) is 23.8 Å². The van der Waals surface area contributed by atoms with E-state index in [0.29, 0.717) is 0 Å². The Morgan fingerprint density at radius 3 is 2.50 bits per heavy atom. The Balaban J connectivity index is 2.82. The van der Waals surface area contributed by atoms with E-state index in [1.807, 2.05) is 0 Å². The third-order valence-corrected chi connectivity index (χ3v) is 3.59. The number of esters is 1. The summed E-state index contributed by atoms with van der Waals surface area (Å²) in [4.78, 5) is 21.5. The minimum Gasteiger partial charge on any atom is -0.506 e. The number of methoxy groups -OCH3 is 1. The van der Waals surface area contributed by atoms with Crippen molar-refractivity contribution in [2.75, 3.05) is 17.6 Å². The van der Waals surface area contributed by atoms with Gasteiger partial charge >= 0.3 is 11.9 Å². The fourth-order valence-electron chi connectivity index (χ4n) is 1.29. The van der Waals surface area contributed by atoms with Crippen molar-refractivity contribution >= 4 is 27.6 Å². The second-order valence-electron chi connectivity index (χ2n) is 3.78. The van der Waals surface area contributed by atoms with Crippen LogP contribution in [0, 0.1) is 0 Å². The Morgan fingerprint density at radius 2 is 2.00 bits per heavy atom. The molecule has 9 heteroatoms. The van der Waals surface area contributed by atoms with Gasteiger partial charge in [-0.25, -0.2) is 13.2 Å². The topological polar surface area (TPSA) is 130 Å². The molecule has 0 saturated heterocycles. The molecule has 110 valence electrons. The predicted molar refractivity (Wildman–Crippen MR) is 69.1 cm³/mol. The fourth-order valence-corrected chi connectivity index (χ4v) is 2.33. The lowest BCUT2D eigenvalue weighted by Gasteiger charge is -2.09. The Bertz CT molecular complexity index is 624. The lowest BCUT2D eigenvalue weighted by atomic mass is 10.2. The van der Waals surface area contributed by atoms with Gasteiger partial charge in [-0.2, -0.15) is 0 Å². The summed E-state index contributed by atoms with van der Waals surface area (Å²) in [5, 5.41) is 18.2. The molecule has 0 saturated carbocycles. The number of sulfonamides is 1. The highest BCUT2D eigenvalue weighted by molar-refractivity contribution is 7.92. The zero-order valence-corrected chi connectivity index (χ0v) is 11.3. The molecule has 0 aliphatic rings. The maximum Gasteiger partial charge on any atom is 0.335 e. The average molecular weight is 303 g/mol. The van der Waals surface area contributed by atoms with Gasteiger partial charge < -0.3 is 14.9 Å². The molecule has 0 amide bonds. The third-order valence-electron chi connectivity index (χ3n) is 2.31. The number of phenolic OH excluding ortho intramolecular Hbond substituents is 1. The Morgan fingerprint density at radius 1 is 1.35 bits per heavy atom. The van der Waals surface area contributed by atoms with Crippen LogP contribution in [0.25, 0.3) is 0 Å². The van der Waals surface area contributed by atoms with Crippen LogP contribution in [0.3, 0.4) is 0 Å². The highest BCUT2D eigenvalue weighted by Crippen LogP contribution is 2.25. The van der Waals surface area contributed by atoms with Gasteiger partial charge in [-0.3, -0.25) is 9.52 Å². The summed E-state index contributed by atoms with van der Waals surface area (Å²) >= 11 is 0. The van der Waals surface area contributed by atoms with Crippen LogP contribution in [0.1, 0.15) is 16.8 Å². The summed E-state index contributed by atoms with van der Waals surface area (Å²) in [5.74, 6) is -2.97. The predicted octanol–water partition coefficient (Wildman–Crippen LogP) is 0.395. The summed E-state index contributed by atoms with van der Waals surface area (Å²) in [7, 11) is -2.72. The van der Waals surface area contributed by atoms with Crippen LogP contribution in [-0.2, 0) is 19.6 Å². The summed E-state index contributed by atoms with van der Waals surface area (Å²) in [6.45, 7) is 0. The second-order valence-corrected chi connectivity index (χ2v) is 5.63. The SMILES string of the molecule is COC(=O)CCS(=O)(=O)Nc1ccc(C(=O)O)cc1O. The van der Waals surface area contributed by atoms with E-state index in [9.17, 15) is 23.1 Å². The van der Waals surface area contributed by atoms with Gasteiger partial charge in [0.25, 0.3) is 0 Å². The van der Waals surface area contributed by atoms with Gasteiger partial charge in [0.2, 0.25) is 10.0 Å². The van der Waals surface area contributed by atoms with E-state index in [2.05, 4.69) is 9.46 Å². The summed E-state index contributed by atoms with van der Waals surface area (Å²) in [6.07, 6.45) is -0.334. The monoisotopic (exact) mass is 303 g/mol. The highest BCUT2D eigenvalue weighted by Gasteiger charge is 2.16. The number of ether oxygens (including phenoxy) is 1. The van der Waals surface area contributed by atoms with Crippen molar-refractivity contribution < 1.29 is 33.0 Å². The van der Waals surface area contributed by atoms with Gasteiger partial charge in [-0.15, -0.1) is 0 Å². The molecule has 0 unspecified atom stereocenters. The molecule has 8 nitrogen and oxygen atoms in total. The van der Waals surface area contributed by atoms with Crippen molar-refractivity contribution in [3.63, 3.8) is 0 Å². The molecular formula is C11H13NO7S. The van der Waals surface area contributed by atoms with Crippen LogP contribution >= 0.6 is 0 Å². The molecule has 0 aromatic heterocycles. The van der Waals surface area contributed by atoms with Crippen molar-refractivity contribution in [2.24, 2.45) is 0 Å². The van der Waals surface area contributed by atoms with Crippen molar-refractivity contribution in [1.82, 2.24) is 0 Å². The lowest BCUT2D eigenvalue weighted by molar-refractivity contribution is -0.140. The van der Waals surface area contributed by atoms with Gasteiger partial charge in [0.15, 0.2) is 0 Å². The highest BCUT2D eigenvalue weighted by atomic mass is 32.2. The Kier molecular flexibility index (Phi) is 4.92. The number of hydrogen-bond acceptors (Lipinski definition) is 6. The van der Waals surface area contributed by atoms with E-state index in [4.69, 9.17) is 5.11 Å². The van der Waals surface area contributed by atoms with E-state index < -0.39 is 33.5 Å². The largest absolute Gasteiger partial charge is 0.506 e. The van der Waals surface area contributed by atoms with Gasteiger partial charge in [0.05, 0.1) is 30.5 Å². The number of phenols is 1. The van der Waals surface area contributed by atoms with E-state index in [1.165, 1.54) is 0 Å². The van der Waals surface area contributed by atoms with E-state index in [1.54, 1.807) is 0 Å². The molecule has 1 rings (SSSR count). The third kappa shape index (κ3) is 4.43. The number of carboxylic acid groups (broad SMARTS) is 1. The maximum absolute atomic E-state index is 11.6. The molecule has 0 heterocycles. The Hall–Kier alpha value is -2.29. The first kappa shape index (κ1) is 15.8. The first-order valence-electron chi connectivity index (χ1n) is 5.39. The molecule has 3 N–H and O–H groups in total. The van der Waals surface area contributed by atoms with Crippen LogP contribution in [-0.4, -0.2) is 43.4 Å². The quantitative estimate of drug-likeness (QED) is 0.512. The standard InChI is InChI=1S/C11H13NO7S/c1-19-10(14)4-5-20(17,18)12-8-3-2-7(11(15)16)6-9(8)13/h2-3,6,12-13H,4-5H2,1H3,(H,15,16). The van der Waals surface area contributed by atoms with E-state index in [0.717, 1.165) is 25.3 Å². The van der Waals surface area contributed by atoms with Crippen LogP contribution in [0.5, 0.6) is 5.75 Å². The summed E-state index contributed by atoms with van der Waals surface area (Å²) in [5.41, 5.74) is -0.347. The molecule has 0 aliphatic carbocycles. The number of aromatic hydroxyl groups is 1. The van der Waals surface area contributed by atoms with Crippen LogP contribution in [0.2, 0.25) is 0 Å². The molecule has 0 atom stereocenters. The Labute approximate surface area is 115 Å². The lowest BCUT2D eigenvalue weighted by Crippen LogP contribution is -2.19. The normalized spacial score (nSPS) is 10.8. The van der Waals surface area contributed by atoms with Crippen molar-refractivity contribution in [2.45, 2.75) is 6.42 Å². The van der Waals surface area contributed by atoms with Gasteiger partial charge in [-0.05, 0) is 18.2 Å². The molecule has 20 heavy (non-hydrogen) atoms. The van der Waals surface area contributed by atoms with Crippen molar-refractivity contribution in [3.8, 4) is 5.75 Å². The zero-order valence-electron chi connectivity index (χ0n) is 10.5. The summed E-state index contributed by atoms with van der Waals surface area (Å²) in [6, 6.07) is 3.18. The van der Waals surface area contributed by atoms with Gasteiger partial charge in [-0.1, -0.05) is 0 Å². The van der Waals surface area contributed by atoms with Gasteiger partial charge in [0, 0.05) is 0 Å². The zero-order chi connectivity index (χ0) is 15.3. The van der Waals surface area contributed by atoms with Crippen LogP contribution in [0.4, 0.5) is 5.69 Å².